The number of primary sulfonamides is 1. The third-order valence-electron chi connectivity index (χ3n) is 5.91. The van der Waals surface area contributed by atoms with Crippen molar-refractivity contribution in [2.24, 2.45) is 22.0 Å². The zero-order chi connectivity index (χ0) is 20.8. The van der Waals surface area contributed by atoms with Crippen molar-refractivity contribution in [2.45, 2.75) is 42.8 Å². The number of hydrogen-bond acceptors (Lipinski definition) is 7. The Morgan fingerprint density at radius 3 is 2.59 bits per heavy atom. The average Bonchev–Trinajstić information content (AvgIpc) is 3.36. The van der Waals surface area contributed by atoms with Crippen molar-refractivity contribution in [1.29, 1.82) is 0 Å². The van der Waals surface area contributed by atoms with Crippen LogP contribution >= 0.6 is 0 Å². The normalized spacial score (nSPS) is 32.4. The number of esters is 1. The predicted molar refractivity (Wildman–Crippen MR) is 105 cm³/mol. The van der Waals surface area contributed by atoms with Gasteiger partial charge in [0.1, 0.15) is 18.3 Å². The molecule has 2 unspecified atom stereocenters. The quantitative estimate of drug-likeness (QED) is 0.690. The number of hydrogen-bond donors (Lipinski definition) is 2. The molecule has 0 spiro atoms. The Morgan fingerprint density at radius 1 is 1.24 bits per heavy atom. The molecule has 2 aliphatic heterocycles. The molecule has 2 heterocycles. The van der Waals surface area contributed by atoms with E-state index in [1.54, 1.807) is 12.1 Å². The lowest BCUT2D eigenvalue weighted by atomic mass is 9.73. The first kappa shape index (κ1) is 20.1. The van der Waals surface area contributed by atoms with Crippen LogP contribution in [0.3, 0.4) is 0 Å². The number of aliphatic imine (C=N–C) groups is 1. The van der Waals surface area contributed by atoms with Crippen molar-refractivity contribution in [3.8, 4) is 0 Å². The minimum Gasteiger partial charge on any atom is -0.476 e. The highest BCUT2D eigenvalue weighted by molar-refractivity contribution is 7.89. The molecule has 1 saturated heterocycles. The SMILES string of the molecule is CC1C=C2C(=O)O[C@@H]3CCC(C1)[C@]23O.NS(=O)(=O)c1ccc(C2=NCCO2)cc1. The molecule has 1 aromatic carbocycles. The summed E-state index contributed by atoms with van der Waals surface area (Å²) >= 11 is 0. The van der Waals surface area contributed by atoms with Crippen molar-refractivity contribution in [2.75, 3.05) is 13.2 Å². The first-order chi connectivity index (χ1) is 13.7. The second kappa shape index (κ2) is 7.23. The summed E-state index contributed by atoms with van der Waals surface area (Å²) in [5.74, 6) is 0.873. The van der Waals surface area contributed by atoms with Gasteiger partial charge in [0, 0.05) is 5.56 Å². The molecule has 1 aromatic rings. The van der Waals surface area contributed by atoms with Gasteiger partial charge in [-0.05, 0) is 55.4 Å². The van der Waals surface area contributed by atoms with Gasteiger partial charge in [0.15, 0.2) is 0 Å². The monoisotopic (exact) mass is 420 g/mol. The second-order valence-electron chi connectivity index (χ2n) is 7.89. The van der Waals surface area contributed by atoms with Crippen molar-refractivity contribution < 1.29 is 27.8 Å². The standard InChI is InChI=1S/C11H14O3.C9H10N2O3S/c1-6-4-7-2-3-9-11(7,13)8(5-6)10(12)14-9;10-15(12,13)8-3-1-7(2-4-8)9-11-5-6-14-9/h5-7,9,13H,2-4H2,1H3;1-4H,5-6H2,(H2,10,12,13)/t6?,7?,9-,11+;/m1./s1. The predicted octanol–water partition coefficient (Wildman–Crippen LogP) is 1.13. The molecule has 9 heteroatoms. The van der Waals surface area contributed by atoms with Crippen LogP contribution in [0.15, 0.2) is 45.8 Å². The summed E-state index contributed by atoms with van der Waals surface area (Å²) in [6.45, 7) is 3.31. The van der Waals surface area contributed by atoms with E-state index in [9.17, 15) is 18.3 Å². The molecular formula is C20H24N2O6S. The van der Waals surface area contributed by atoms with E-state index < -0.39 is 15.6 Å². The lowest BCUT2D eigenvalue weighted by molar-refractivity contribution is -0.140. The third-order valence-corrected chi connectivity index (χ3v) is 6.84. The molecule has 8 nitrogen and oxygen atoms in total. The number of rotatable bonds is 2. The largest absolute Gasteiger partial charge is 0.476 e. The highest BCUT2D eigenvalue weighted by Crippen LogP contribution is 2.52. The highest BCUT2D eigenvalue weighted by atomic mass is 32.2. The zero-order valence-corrected chi connectivity index (χ0v) is 16.9. The van der Waals surface area contributed by atoms with Crippen LogP contribution in [0.5, 0.6) is 0 Å². The van der Waals surface area contributed by atoms with Crippen LogP contribution < -0.4 is 5.14 Å². The summed E-state index contributed by atoms with van der Waals surface area (Å²) in [6, 6.07) is 6.14. The van der Waals surface area contributed by atoms with Gasteiger partial charge >= 0.3 is 5.97 Å². The van der Waals surface area contributed by atoms with Gasteiger partial charge in [-0.15, -0.1) is 0 Å². The minimum absolute atomic E-state index is 0.0878. The molecule has 0 bridgehead atoms. The lowest BCUT2D eigenvalue weighted by Gasteiger charge is -2.33. The summed E-state index contributed by atoms with van der Waals surface area (Å²) in [5.41, 5.74) is 0.354. The topological polar surface area (TPSA) is 128 Å². The maximum absolute atomic E-state index is 11.5. The van der Waals surface area contributed by atoms with Gasteiger partial charge in [0.25, 0.3) is 0 Å². The first-order valence-electron chi connectivity index (χ1n) is 9.65. The Kier molecular flexibility index (Phi) is 5.00. The molecule has 2 aliphatic carbocycles. The van der Waals surface area contributed by atoms with Crippen LogP contribution in [0.1, 0.15) is 31.7 Å². The number of carbonyl (C=O) groups is 1. The fourth-order valence-corrected chi connectivity index (χ4v) is 5.07. The summed E-state index contributed by atoms with van der Waals surface area (Å²) in [5, 5.41) is 15.5. The van der Waals surface area contributed by atoms with Crippen molar-refractivity contribution >= 4 is 21.9 Å². The van der Waals surface area contributed by atoms with Crippen LogP contribution in [-0.4, -0.2) is 50.2 Å². The number of allylic oxidation sites excluding steroid dienone is 1. The average molecular weight is 420 g/mol. The Morgan fingerprint density at radius 2 is 1.97 bits per heavy atom. The van der Waals surface area contributed by atoms with Gasteiger partial charge in [0.2, 0.25) is 15.9 Å². The summed E-state index contributed by atoms with van der Waals surface area (Å²) < 4.78 is 32.4. The van der Waals surface area contributed by atoms with Crippen LogP contribution in [0.4, 0.5) is 0 Å². The van der Waals surface area contributed by atoms with Gasteiger partial charge in [-0.3, -0.25) is 0 Å². The molecule has 0 radical (unpaired) electrons. The maximum Gasteiger partial charge on any atom is 0.337 e. The van der Waals surface area contributed by atoms with E-state index in [2.05, 4.69) is 11.9 Å². The number of ether oxygens (including phenoxy) is 2. The Hall–Kier alpha value is -2.23. The minimum atomic E-state index is -3.62. The number of benzene rings is 1. The van der Waals surface area contributed by atoms with Crippen molar-refractivity contribution in [3.63, 3.8) is 0 Å². The number of nitrogens with two attached hydrogens (primary N) is 1. The van der Waals surface area contributed by atoms with Crippen molar-refractivity contribution in [3.05, 3.63) is 41.5 Å². The number of sulfonamides is 1. The molecular weight excluding hydrogens is 396 g/mol. The Balaban J connectivity index is 0.000000141. The fourth-order valence-electron chi connectivity index (χ4n) is 4.55. The molecule has 0 amide bonds. The maximum atomic E-state index is 11.5. The summed E-state index contributed by atoms with van der Waals surface area (Å²) in [7, 11) is -3.62. The van der Waals surface area contributed by atoms with E-state index in [0.29, 0.717) is 30.5 Å². The van der Waals surface area contributed by atoms with Gasteiger partial charge in [-0.2, -0.15) is 0 Å². The van der Waals surface area contributed by atoms with Gasteiger partial charge in [-0.25, -0.2) is 23.3 Å². The summed E-state index contributed by atoms with van der Waals surface area (Å²) in [6.07, 6.45) is 4.41. The number of carbonyl (C=O) groups excluding carboxylic acids is 1. The van der Waals surface area contributed by atoms with Crippen LogP contribution in [0.25, 0.3) is 0 Å². The molecule has 4 aliphatic rings. The van der Waals surface area contributed by atoms with E-state index in [4.69, 9.17) is 14.6 Å². The molecule has 5 rings (SSSR count). The van der Waals surface area contributed by atoms with Crippen LogP contribution in [0.2, 0.25) is 0 Å². The molecule has 156 valence electrons. The molecule has 29 heavy (non-hydrogen) atoms. The molecule has 1 saturated carbocycles. The first-order valence-corrected chi connectivity index (χ1v) is 11.2. The van der Waals surface area contributed by atoms with Gasteiger partial charge in [0.05, 0.1) is 17.0 Å². The smallest absolute Gasteiger partial charge is 0.337 e. The Bertz CT molecular complexity index is 985. The van der Waals surface area contributed by atoms with Crippen molar-refractivity contribution in [1.82, 2.24) is 0 Å². The number of nitrogens with zero attached hydrogens (tertiary/aromatic N) is 1. The van der Waals surface area contributed by atoms with Gasteiger partial charge < -0.3 is 14.6 Å². The highest BCUT2D eigenvalue weighted by Gasteiger charge is 2.61. The number of aliphatic hydroxyl groups is 1. The van der Waals surface area contributed by atoms with E-state index in [-0.39, 0.29) is 22.9 Å². The molecule has 4 atom stereocenters. The molecule has 2 fully saturated rings. The summed E-state index contributed by atoms with van der Waals surface area (Å²) in [4.78, 5) is 15.7. The van der Waals surface area contributed by atoms with Crippen LogP contribution in [0, 0.1) is 11.8 Å². The zero-order valence-electron chi connectivity index (χ0n) is 16.1. The van der Waals surface area contributed by atoms with E-state index >= 15 is 0 Å². The van der Waals surface area contributed by atoms with Crippen LogP contribution in [-0.2, 0) is 24.3 Å². The van der Waals surface area contributed by atoms with Gasteiger partial charge in [-0.1, -0.05) is 13.0 Å². The third kappa shape index (κ3) is 3.58. The van der Waals surface area contributed by atoms with E-state index in [0.717, 1.165) is 24.8 Å². The lowest BCUT2D eigenvalue weighted by Crippen LogP contribution is -2.43. The van der Waals surface area contributed by atoms with E-state index in [1.165, 1.54) is 12.1 Å². The Labute approximate surface area is 169 Å². The fraction of sp³-hybridized carbons (Fsp3) is 0.500. The molecule has 0 aromatic heterocycles. The molecule has 3 N–H and O–H groups in total. The van der Waals surface area contributed by atoms with E-state index in [1.807, 2.05) is 6.08 Å². The second-order valence-corrected chi connectivity index (χ2v) is 9.45.